The standard InChI is InChI=1S/C14H13BrN2O2S/c1-17-11(18)14(16-12(17)20)9-6-8(15)2-3-10(9)19-7-13(14)4-5-13/h2-3,6H,4-5,7H2,1H3,(H,16,20). The number of benzene rings is 1. The normalized spacial score (nSPS) is 29.4. The van der Waals surface area contributed by atoms with E-state index in [0.717, 1.165) is 28.6 Å². The molecule has 20 heavy (non-hydrogen) atoms. The van der Waals surface area contributed by atoms with Crippen LogP contribution in [0.1, 0.15) is 18.4 Å². The van der Waals surface area contributed by atoms with E-state index in [2.05, 4.69) is 21.2 Å². The first-order valence-corrected chi connectivity index (χ1v) is 7.73. The van der Waals surface area contributed by atoms with E-state index in [1.165, 1.54) is 0 Å². The molecule has 1 saturated carbocycles. The summed E-state index contributed by atoms with van der Waals surface area (Å²) in [6.07, 6.45) is 1.96. The van der Waals surface area contributed by atoms with Crippen molar-refractivity contribution < 1.29 is 9.53 Å². The van der Waals surface area contributed by atoms with E-state index in [1.54, 1.807) is 11.9 Å². The summed E-state index contributed by atoms with van der Waals surface area (Å²) in [7, 11) is 1.73. The van der Waals surface area contributed by atoms with Crippen LogP contribution in [0.15, 0.2) is 22.7 Å². The molecule has 1 N–H and O–H groups in total. The number of carbonyl (C=O) groups excluding carboxylic acids is 1. The Labute approximate surface area is 130 Å². The van der Waals surface area contributed by atoms with Gasteiger partial charge in [-0.1, -0.05) is 15.9 Å². The summed E-state index contributed by atoms with van der Waals surface area (Å²) in [4.78, 5) is 14.5. The van der Waals surface area contributed by atoms with Crippen molar-refractivity contribution in [3.8, 4) is 5.75 Å². The number of hydrogen-bond acceptors (Lipinski definition) is 3. The SMILES string of the molecule is CN1C(=O)C2(NC1=S)c1cc(Br)ccc1OCC21CC1. The third kappa shape index (κ3) is 1.31. The number of halogens is 1. The van der Waals surface area contributed by atoms with E-state index >= 15 is 0 Å². The average Bonchev–Trinajstić information content (AvgIpc) is 3.17. The Morgan fingerprint density at radius 2 is 2.20 bits per heavy atom. The van der Waals surface area contributed by atoms with Crippen molar-refractivity contribution in [2.45, 2.75) is 18.4 Å². The zero-order valence-corrected chi connectivity index (χ0v) is 13.3. The van der Waals surface area contributed by atoms with Crippen molar-refractivity contribution >= 4 is 39.2 Å². The number of rotatable bonds is 0. The van der Waals surface area contributed by atoms with Gasteiger partial charge in [-0.3, -0.25) is 9.69 Å². The second-order valence-corrected chi connectivity index (χ2v) is 7.06. The fraction of sp³-hybridized carbons (Fsp3) is 0.429. The number of nitrogens with one attached hydrogen (secondary N) is 1. The molecule has 0 radical (unpaired) electrons. The first-order chi connectivity index (χ1) is 9.50. The van der Waals surface area contributed by atoms with Gasteiger partial charge in [-0.15, -0.1) is 0 Å². The highest BCUT2D eigenvalue weighted by atomic mass is 79.9. The molecule has 1 atom stereocenters. The summed E-state index contributed by atoms with van der Waals surface area (Å²) >= 11 is 8.79. The minimum Gasteiger partial charge on any atom is -0.492 e. The highest BCUT2D eigenvalue weighted by Crippen LogP contribution is 2.63. The third-order valence-electron chi connectivity index (χ3n) is 4.72. The summed E-state index contributed by atoms with van der Waals surface area (Å²) in [6, 6.07) is 5.81. The second-order valence-electron chi connectivity index (χ2n) is 5.75. The van der Waals surface area contributed by atoms with E-state index in [-0.39, 0.29) is 11.3 Å². The Balaban J connectivity index is 2.00. The smallest absolute Gasteiger partial charge is 0.259 e. The molecular formula is C14H13BrN2O2S. The molecule has 1 saturated heterocycles. The Morgan fingerprint density at radius 3 is 2.80 bits per heavy atom. The Hall–Kier alpha value is -1.14. The maximum Gasteiger partial charge on any atom is 0.259 e. The van der Waals surface area contributed by atoms with Gasteiger partial charge in [-0.05, 0) is 43.3 Å². The number of thiocarbonyl (C=S) groups is 1. The number of fused-ring (bicyclic) bond motifs is 3. The van der Waals surface area contributed by atoms with Gasteiger partial charge < -0.3 is 10.1 Å². The third-order valence-corrected chi connectivity index (χ3v) is 5.59. The Kier molecular flexibility index (Phi) is 2.35. The minimum absolute atomic E-state index is 0.0302. The molecule has 1 amide bonds. The fourth-order valence-corrected chi connectivity index (χ4v) is 3.98. The molecule has 4 rings (SSSR count). The molecule has 1 aliphatic carbocycles. The number of ether oxygens (including phenoxy) is 1. The lowest BCUT2D eigenvalue weighted by atomic mass is 9.73. The predicted molar refractivity (Wildman–Crippen MR) is 81.5 cm³/mol. The van der Waals surface area contributed by atoms with Crippen LogP contribution < -0.4 is 10.1 Å². The molecule has 2 aliphatic heterocycles. The highest BCUT2D eigenvalue weighted by molar-refractivity contribution is 9.10. The summed E-state index contributed by atoms with van der Waals surface area (Å²) < 4.78 is 6.82. The van der Waals surface area contributed by atoms with Crippen LogP contribution in [0.4, 0.5) is 0 Å². The molecule has 3 aliphatic rings. The fourth-order valence-electron chi connectivity index (χ4n) is 3.38. The largest absolute Gasteiger partial charge is 0.492 e. The summed E-state index contributed by atoms with van der Waals surface area (Å²) in [5.74, 6) is 0.798. The first-order valence-electron chi connectivity index (χ1n) is 6.53. The second kappa shape index (κ2) is 3.74. The van der Waals surface area contributed by atoms with Crippen LogP contribution in [0.5, 0.6) is 5.75 Å². The van der Waals surface area contributed by atoms with E-state index in [4.69, 9.17) is 17.0 Å². The zero-order valence-electron chi connectivity index (χ0n) is 10.9. The van der Waals surface area contributed by atoms with Crippen molar-refractivity contribution in [1.29, 1.82) is 0 Å². The van der Waals surface area contributed by atoms with Crippen molar-refractivity contribution in [1.82, 2.24) is 10.2 Å². The van der Waals surface area contributed by atoms with Crippen molar-refractivity contribution in [2.24, 2.45) is 5.41 Å². The average molecular weight is 353 g/mol. The van der Waals surface area contributed by atoms with Crippen molar-refractivity contribution in [3.05, 3.63) is 28.2 Å². The monoisotopic (exact) mass is 352 g/mol. The molecule has 0 bridgehead atoms. The Morgan fingerprint density at radius 1 is 1.45 bits per heavy atom. The van der Waals surface area contributed by atoms with Crippen LogP contribution in [0.25, 0.3) is 0 Å². The lowest BCUT2D eigenvalue weighted by Gasteiger charge is -2.41. The van der Waals surface area contributed by atoms with Crippen molar-refractivity contribution in [2.75, 3.05) is 13.7 Å². The highest BCUT2D eigenvalue weighted by Gasteiger charge is 2.70. The molecular weight excluding hydrogens is 340 g/mol. The van der Waals surface area contributed by atoms with Crippen LogP contribution in [-0.4, -0.2) is 29.6 Å². The van der Waals surface area contributed by atoms with Gasteiger partial charge in [0.2, 0.25) is 0 Å². The number of likely N-dealkylation sites (N-methyl/N-ethyl adjacent to an activating group) is 1. The molecule has 0 aromatic heterocycles. The number of nitrogens with zero attached hydrogens (tertiary/aromatic N) is 1. The van der Waals surface area contributed by atoms with Gasteiger partial charge >= 0.3 is 0 Å². The van der Waals surface area contributed by atoms with E-state index in [9.17, 15) is 4.79 Å². The summed E-state index contributed by atoms with van der Waals surface area (Å²) in [5, 5.41) is 3.81. The lowest BCUT2D eigenvalue weighted by Crippen LogP contribution is -2.56. The molecule has 1 aromatic rings. The van der Waals surface area contributed by atoms with Gasteiger partial charge in [0, 0.05) is 22.5 Å². The first kappa shape index (κ1) is 12.6. The molecule has 2 heterocycles. The molecule has 4 nitrogen and oxygen atoms in total. The lowest BCUT2D eigenvalue weighted by molar-refractivity contribution is -0.134. The van der Waals surface area contributed by atoms with Gasteiger partial charge in [0.05, 0.1) is 6.61 Å². The number of hydrogen-bond donors (Lipinski definition) is 1. The van der Waals surface area contributed by atoms with Crippen LogP contribution >= 0.6 is 28.1 Å². The molecule has 6 heteroatoms. The van der Waals surface area contributed by atoms with E-state index in [0.29, 0.717) is 11.7 Å². The van der Waals surface area contributed by atoms with Crippen LogP contribution in [0.3, 0.4) is 0 Å². The molecule has 104 valence electrons. The van der Waals surface area contributed by atoms with Crippen LogP contribution in [-0.2, 0) is 10.3 Å². The van der Waals surface area contributed by atoms with Gasteiger partial charge in [0.1, 0.15) is 5.75 Å². The Bertz CT molecular complexity index is 659. The van der Waals surface area contributed by atoms with Gasteiger partial charge in [-0.25, -0.2) is 0 Å². The molecule has 2 spiro atoms. The molecule has 1 aromatic carbocycles. The maximum absolute atomic E-state index is 12.9. The van der Waals surface area contributed by atoms with Gasteiger partial charge in [0.15, 0.2) is 10.7 Å². The quantitative estimate of drug-likeness (QED) is 0.726. The molecule has 2 fully saturated rings. The number of amides is 1. The van der Waals surface area contributed by atoms with Crippen LogP contribution in [0.2, 0.25) is 0 Å². The minimum atomic E-state index is -0.754. The molecule has 1 unspecified atom stereocenters. The van der Waals surface area contributed by atoms with Gasteiger partial charge in [0.25, 0.3) is 5.91 Å². The summed E-state index contributed by atoms with van der Waals surface area (Å²) in [6.45, 7) is 0.566. The van der Waals surface area contributed by atoms with E-state index < -0.39 is 5.54 Å². The van der Waals surface area contributed by atoms with Crippen LogP contribution in [0, 0.1) is 5.41 Å². The number of carbonyl (C=O) groups is 1. The maximum atomic E-state index is 12.9. The zero-order chi connectivity index (χ0) is 14.1. The summed E-state index contributed by atoms with van der Waals surface area (Å²) in [5.41, 5.74) is -0.0181. The van der Waals surface area contributed by atoms with E-state index in [1.807, 2.05) is 18.2 Å². The predicted octanol–water partition coefficient (Wildman–Crippen LogP) is 2.16. The van der Waals surface area contributed by atoms with Gasteiger partial charge in [-0.2, -0.15) is 0 Å². The topological polar surface area (TPSA) is 41.6 Å². The van der Waals surface area contributed by atoms with Crippen molar-refractivity contribution in [3.63, 3.8) is 0 Å².